The molecule has 1 unspecified atom stereocenters. The van der Waals surface area contributed by atoms with Gasteiger partial charge in [-0.2, -0.15) is 0 Å². The predicted octanol–water partition coefficient (Wildman–Crippen LogP) is 3.04. The summed E-state index contributed by atoms with van der Waals surface area (Å²) in [7, 11) is 0. The molecule has 1 aromatic rings. The van der Waals surface area contributed by atoms with Crippen molar-refractivity contribution < 1.29 is 8.78 Å². The first kappa shape index (κ1) is 11.5. The predicted molar refractivity (Wildman–Crippen MR) is 60.3 cm³/mol. The Morgan fingerprint density at radius 3 is 2.50 bits per heavy atom. The summed E-state index contributed by atoms with van der Waals surface area (Å²) in [6.45, 7) is 1.07. The highest BCUT2D eigenvalue weighted by molar-refractivity contribution is 5.18. The molecule has 1 heterocycles. The molecule has 0 spiro atoms. The summed E-state index contributed by atoms with van der Waals surface area (Å²) in [6, 6.07) is 4.28. The van der Waals surface area contributed by atoms with Crippen molar-refractivity contribution in [2.45, 2.75) is 38.1 Å². The van der Waals surface area contributed by atoms with Crippen LogP contribution in [0.4, 0.5) is 8.78 Å². The molecular formula is C13H17F2N. The Hall–Kier alpha value is -0.960. The summed E-state index contributed by atoms with van der Waals surface area (Å²) in [5.41, 5.74) is 0.755. The summed E-state index contributed by atoms with van der Waals surface area (Å²) in [5.74, 6) is -0.960. The van der Waals surface area contributed by atoms with Crippen LogP contribution in [0.1, 0.15) is 31.2 Å². The van der Waals surface area contributed by atoms with Gasteiger partial charge in [0, 0.05) is 12.1 Å². The molecule has 1 fully saturated rings. The first-order chi connectivity index (χ1) is 7.74. The van der Waals surface area contributed by atoms with Crippen LogP contribution in [-0.2, 0) is 6.42 Å². The van der Waals surface area contributed by atoms with Crippen LogP contribution in [0.25, 0.3) is 0 Å². The Bertz CT molecular complexity index is 326. The zero-order valence-corrected chi connectivity index (χ0v) is 9.31. The van der Waals surface area contributed by atoms with Crippen LogP contribution in [-0.4, -0.2) is 12.6 Å². The van der Waals surface area contributed by atoms with Gasteiger partial charge in [0.1, 0.15) is 11.6 Å². The molecule has 1 aliphatic rings. The van der Waals surface area contributed by atoms with Crippen molar-refractivity contribution in [1.82, 2.24) is 5.32 Å². The van der Waals surface area contributed by atoms with Gasteiger partial charge in [0.05, 0.1) is 0 Å². The van der Waals surface area contributed by atoms with Crippen LogP contribution >= 0.6 is 0 Å². The highest BCUT2D eigenvalue weighted by atomic mass is 19.1. The van der Waals surface area contributed by atoms with E-state index in [1.54, 1.807) is 0 Å². The minimum atomic E-state index is -0.480. The molecule has 0 aromatic heterocycles. The molecule has 1 nitrogen and oxygen atoms in total. The summed E-state index contributed by atoms with van der Waals surface area (Å²) < 4.78 is 25.9. The standard InChI is InChI=1S/C13H17F2N/c14-11-7-10(8-12(15)9-11)4-5-13-3-1-2-6-16-13/h7-9,13,16H,1-6H2. The molecule has 0 amide bonds. The first-order valence-corrected chi connectivity index (χ1v) is 5.92. The van der Waals surface area contributed by atoms with E-state index >= 15 is 0 Å². The highest BCUT2D eigenvalue weighted by Gasteiger charge is 2.12. The zero-order valence-electron chi connectivity index (χ0n) is 9.31. The van der Waals surface area contributed by atoms with Gasteiger partial charge < -0.3 is 5.32 Å². The van der Waals surface area contributed by atoms with Crippen LogP contribution in [0.5, 0.6) is 0 Å². The number of hydrogen-bond acceptors (Lipinski definition) is 1. The normalized spacial score (nSPS) is 21.0. The SMILES string of the molecule is Fc1cc(F)cc(CCC2CCCCN2)c1. The summed E-state index contributed by atoms with van der Waals surface area (Å²) in [5, 5.41) is 3.43. The number of benzene rings is 1. The second kappa shape index (κ2) is 5.39. The van der Waals surface area contributed by atoms with Crippen LogP contribution in [0.2, 0.25) is 0 Å². The fourth-order valence-corrected chi connectivity index (χ4v) is 2.27. The molecule has 1 aliphatic heterocycles. The van der Waals surface area contributed by atoms with Gasteiger partial charge in [-0.25, -0.2) is 8.78 Å². The molecule has 16 heavy (non-hydrogen) atoms. The van der Waals surface area contributed by atoms with Crippen molar-refractivity contribution in [3.05, 3.63) is 35.4 Å². The number of aryl methyl sites for hydroxylation is 1. The smallest absolute Gasteiger partial charge is 0.126 e. The second-order valence-electron chi connectivity index (χ2n) is 4.46. The van der Waals surface area contributed by atoms with Crippen LogP contribution < -0.4 is 5.32 Å². The molecular weight excluding hydrogens is 208 g/mol. The van der Waals surface area contributed by atoms with E-state index in [9.17, 15) is 8.78 Å². The maximum atomic E-state index is 12.9. The van der Waals surface area contributed by atoms with Crippen molar-refractivity contribution in [3.8, 4) is 0 Å². The third-order valence-electron chi connectivity index (χ3n) is 3.12. The van der Waals surface area contributed by atoms with Crippen LogP contribution in [0.3, 0.4) is 0 Å². The van der Waals surface area contributed by atoms with E-state index in [-0.39, 0.29) is 0 Å². The summed E-state index contributed by atoms with van der Waals surface area (Å²) in [4.78, 5) is 0. The molecule has 1 atom stereocenters. The third kappa shape index (κ3) is 3.27. The lowest BCUT2D eigenvalue weighted by atomic mass is 9.98. The van der Waals surface area contributed by atoms with Gasteiger partial charge in [-0.3, -0.25) is 0 Å². The Labute approximate surface area is 94.9 Å². The average molecular weight is 225 g/mol. The second-order valence-corrected chi connectivity index (χ2v) is 4.46. The Morgan fingerprint density at radius 2 is 1.88 bits per heavy atom. The van der Waals surface area contributed by atoms with Gasteiger partial charge in [-0.05, 0) is 49.9 Å². The number of halogens is 2. The summed E-state index contributed by atoms with van der Waals surface area (Å²) in [6.07, 6.45) is 5.38. The lowest BCUT2D eigenvalue weighted by Crippen LogP contribution is -2.34. The molecule has 0 radical (unpaired) electrons. The highest BCUT2D eigenvalue weighted by Crippen LogP contribution is 2.15. The van der Waals surface area contributed by atoms with Crippen LogP contribution in [0.15, 0.2) is 18.2 Å². The van der Waals surface area contributed by atoms with E-state index in [1.165, 1.54) is 31.4 Å². The number of nitrogens with one attached hydrogen (secondary N) is 1. The van der Waals surface area contributed by atoms with Crippen molar-refractivity contribution in [2.24, 2.45) is 0 Å². The van der Waals surface area contributed by atoms with Gasteiger partial charge in [-0.15, -0.1) is 0 Å². The van der Waals surface area contributed by atoms with Crippen molar-refractivity contribution in [2.75, 3.05) is 6.54 Å². The van der Waals surface area contributed by atoms with Gasteiger partial charge in [-0.1, -0.05) is 6.42 Å². The molecule has 0 aliphatic carbocycles. The van der Waals surface area contributed by atoms with Crippen LogP contribution in [0, 0.1) is 11.6 Å². The zero-order chi connectivity index (χ0) is 11.4. The van der Waals surface area contributed by atoms with E-state index in [1.807, 2.05) is 0 Å². The molecule has 0 bridgehead atoms. The largest absolute Gasteiger partial charge is 0.314 e. The van der Waals surface area contributed by atoms with Gasteiger partial charge >= 0.3 is 0 Å². The maximum absolute atomic E-state index is 12.9. The van der Waals surface area contributed by atoms with Crippen molar-refractivity contribution >= 4 is 0 Å². The lowest BCUT2D eigenvalue weighted by Gasteiger charge is -2.23. The van der Waals surface area contributed by atoms with Gasteiger partial charge in [0.2, 0.25) is 0 Å². The van der Waals surface area contributed by atoms with Gasteiger partial charge in [0.25, 0.3) is 0 Å². The average Bonchev–Trinajstić information content (AvgIpc) is 2.27. The van der Waals surface area contributed by atoms with Crippen molar-refractivity contribution in [1.29, 1.82) is 0 Å². The Kier molecular flexibility index (Phi) is 3.88. The topological polar surface area (TPSA) is 12.0 Å². The first-order valence-electron chi connectivity index (χ1n) is 5.92. The third-order valence-corrected chi connectivity index (χ3v) is 3.12. The number of rotatable bonds is 3. The summed E-state index contributed by atoms with van der Waals surface area (Å²) >= 11 is 0. The minimum Gasteiger partial charge on any atom is -0.314 e. The van der Waals surface area contributed by atoms with E-state index in [4.69, 9.17) is 0 Å². The lowest BCUT2D eigenvalue weighted by molar-refractivity contribution is 0.382. The molecule has 0 saturated carbocycles. The molecule has 3 heteroatoms. The van der Waals surface area contributed by atoms with E-state index in [2.05, 4.69) is 5.32 Å². The molecule has 1 N–H and O–H groups in total. The monoisotopic (exact) mass is 225 g/mol. The van der Waals surface area contributed by atoms with E-state index in [0.29, 0.717) is 6.04 Å². The fourth-order valence-electron chi connectivity index (χ4n) is 2.27. The van der Waals surface area contributed by atoms with E-state index in [0.717, 1.165) is 31.0 Å². The molecule has 1 saturated heterocycles. The fraction of sp³-hybridized carbons (Fsp3) is 0.538. The Morgan fingerprint density at radius 1 is 1.12 bits per heavy atom. The number of piperidine rings is 1. The minimum absolute atomic E-state index is 0.480. The quantitative estimate of drug-likeness (QED) is 0.833. The maximum Gasteiger partial charge on any atom is 0.126 e. The van der Waals surface area contributed by atoms with Crippen molar-refractivity contribution in [3.63, 3.8) is 0 Å². The number of hydrogen-bond donors (Lipinski definition) is 1. The van der Waals surface area contributed by atoms with E-state index < -0.39 is 11.6 Å². The van der Waals surface area contributed by atoms with Gasteiger partial charge in [0.15, 0.2) is 0 Å². The molecule has 88 valence electrons. The Balaban J connectivity index is 1.88. The molecule has 2 rings (SSSR count). The molecule has 1 aromatic carbocycles.